The van der Waals surface area contributed by atoms with Crippen molar-refractivity contribution in [2.45, 2.75) is 44.2 Å². The maximum Gasteiger partial charge on any atom is 0.224 e. The van der Waals surface area contributed by atoms with Crippen LogP contribution in [0.25, 0.3) is 0 Å². The van der Waals surface area contributed by atoms with Crippen LogP contribution in [0, 0.1) is 11.3 Å². The van der Waals surface area contributed by atoms with Gasteiger partial charge in [-0.2, -0.15) is 5.26 Å². The molecule has 0 heterocycles. The molecule has 2 N–H and O–H groups in total. The number of carbonyl (C=O) groups excluding carboxylic acids is 1. The summed E-state index contributed by atoms with van der Waals surface area (Å²) < 4.78 is 0. The van der Waals surface area contributed by atoms with Crippen LogP contribution in [-0.2, 0) is 11.3 Å². The van der Waals surface area contributed by atoms with Crippen molar-refractivity contribution < 1.29 is 4.79 Å². The molecular formula is C16H21N3O. The molecule has 1 aliphatic rings. The second kappa shape index (κ2) is 6.06. The maximum absolute atomic E-state index is 12.2. The monoisotopic (exact) mass is 271 g/mol. The molecule has 0 spiro atoms. The van der Waals surface area contributed by atoms with Crippen molar-refractivity contribution in [2.75, 3.05) is 7.05 Å². The van der Waals surface area contributed by atoms with Crippen LogP contribution in [0.2, 0.25) is 0 Å². The van der Waals surface area contributed by atoms with Gasteiger partial charge in [-0.05, 0) is 30.5 Å². The number of hydrogen-bond donors (Lipinski definition) is 1. The van der Waals surface area contributed by atoms with E-state index in [0.717, 1.165) is 31.2 Å². The number of amides is 1. The lowest BCUT2D eigenvalue weighted by atomic mass is 9.94. The fourth-order valence-electron chi connectivity index (χ4n) is 2.79. The van der Waals surface area contributed by atoms with Gasteiger partial charge in [0.1, 0.15) is 0 Å². The average molecular weight is 271 g/mol. The first-order valence-corrected chi connectivity index (χ1v) is 7.04. The predicted octanol–water partition coefficient (Wildman–Crippen LogP) is 2.18. The van der Waals surface area contributed by atoms with E-state index in [1.807, 2.05) is 18.2 Å². The van der Waals surface area contributed by atoms with Gasteiger partial charge in [-0.1, -0.05) is 25.0 Å². The van der Waals surface area contributed by atoms with Gasteiger partial charge in [0.25, 0.3) is 0 Å². The molecule has 1 amide bonds. The quantitative estimate of drug-likeness (QED) is 0.912. The largest absolute Gasteiger partial charge is 0.341 e. The van der Waals surface area contributed by atoms with Gasteiger partial charge in [-0.25, -0.2) is 0 Å². The van der Waals surface area contributed by atoms with E-state index in [1.54, 1.807) is 18.0 Å². The highest BCUT2D eigenvalue weighted by atomic mass is 16.2. The summed E-state index contributed by atoms with van der Waals surface area (Å²) in [6.45, 7) is 0.518. The van der Waals surface area contributed by atoms with Crippen molar-refractivity contribution >= 4 is 5.91 Å². The molecule has 1 saturated carbocycles. The highest BCUT2D eigenvalue weighted by molar-refractivity contribution is 5.77. The average Bonchev–Trinajstić information content (AvgIpc) is 2.85. The number of nitrogens with two attached hydrogens (primary N) is 1. The smallest absolute Gasteiger partial charge is 0.224 e. The van der Waals surface area contributed by atoms with Crippen LogP contribution in [0.3, 0.4) is 0 Å². The minimum atomic E-state index is -0.306. The van der Waals surface area contributed by atoms with E-state index in [1.165, 1.54) is 0 Å². The van der Waals surface area contributed by atoms with Gasteiger partial charge >= 0.3 is 0 Å². The molecule has 0 bridgehead atoms. The van der Waals surface area contributed by atoms with Crippen LogP contribution in [0.4, 0.5) is 0 Å². The molecule has 0 atom stereocenters. The Morgan fingerprint density at radius 2 is 2.15 bits per heavy atom. The van der Waals surface area contributed by atoms with Gasteiger partial charge in [0.2, 0.25) is 5.91 Å². The van der Waals surface area contributed by atoms with Crippen LogP contribution in [-0.4, -0.2) is 23.4 Å². The first-order valence-electron chi connectivity index (χ1n) is 7.04. The topological polar surface area (TPSA) is 70.1 Å². The van der Waals surface area contributed by atoms with E-state index in [-0.39, 0.29) is 11.4 Å². The van der Waals surface area contributed by atoms with Gasteiger partial charge in [0.15, 0.2) is 0 Å². The summed E-state index contributed by atoms with van der Waals surface area (Å²) in [5, 5.41) is 8.88. The van der Waals surface area contributed by atoms with Gasteiger partial charge in [-0.15, -0.1) is 0 Å². The van der Waals surface area contributed by atoms with Crippen molar-refractivity contribution in [3.63, 3.8) is 0 Å². The summed E-state index contributed by atoms with van der Waals surface area (Å²) in [7, 11) is 1.79. The van der Waals surface area contributed by atoms with Crippen molar-refractivity contribution in [1.29, 1.82) is 5.26 Å². The van der Waals surface area contributed by atoms with Gasteiger partial charge in [-0.3, -0.25) is 4.79 Å². The molecule has 20 heavy (non-hydrogen) atoms. The Labute approximate surface area is 120 Å². The molecule has 0 aliphatic heterocycles. The fraction of sp³-hybridized carbons (Fsp3) is 0.500. The minimum Gasteiger partial charge on any atom is -0.341 e. The van der Waals surface area contributed by atoms with E-state index in [2.05, 4.69) is 6.07 Å². The van der Waals surface area contributed by atoms with Crippen LogP contribution in [0.1, 0.15) is 43.2 Å². The molecule has 1 aromatic carbocycles. The predicted molar refractivity (Wildman–Crippen MR) is 77.6 cm³/mol. The summed E-state index contributed by atoms with van der Waals surface area (Å²) in [6.07, 6.45) is 4.55. The fourth-order valence-corrected chi connectivity index (χ4v) is 2.79. The molecule has 0 aromatic heterocycles. The lowest BCUT2D eigenvalue weighted by Gasteiger charge is -2.26. The zero-order valence-electron chi connectivity index (χ0n) is 11.9. The Morgan fingerprint density at radius 3 is 2.80 bits per heavy atom. The third-order valence-electron chi connectivity index (χ3n) is 4.00. The molecule has 1 aromatic rings. The van der Waals surface area contributed by atoms with E-state index < -0.39 is 0 Å². The normalized spacial score (nSPS) is 16.6. The summed E-state index contributed by atoms with van der Waals surface area (Å²) in [5.41, 5.74) is 7.53. The highest BCUT2D eigenvalue weighted by Crippen LogP contribution is 2.30. The van der Waals surface area contributed by atoms with E-state index in [4.69, 9.17) is 11.0 Å². The van der Waals surface area contributed by atoms with Crippen LogP contribution < -0.4 is 5.73 Å². The van der Waals surface area contributed by atoms with E-state index >= 15 is 0 Å². The third-order valence-corrected chi connectivity index (χ3v) is 4.00. The number of rotatable bonds is 4. The molecule has 4 nitrogen and oxygen atoms in total. The van der Waals surface area contributed by atoms with Crippen molar-refractivity contribution in [2.24, 2.45) is 5.73 Å². The summed E-state index contributed by atoms with van der Waals surface area (Å²) in [4.78, 5) is 13.9. The standard InChI is InChI=1S/C16H21N3O/c1-19(12-14-6-4-5-13(9-14)11-17)15(20)10-16(18)7-2-3-8-16/h4-6,9H,2-3,7-8,10,12,18H2,1H3. The van der Waals surface area contributed by atoms with Gasteiger partial charge in [0, 0.05) is 25.6 Å². The molecule has 0 radical (unpaired) electrons. The summed E-state index contributed by atoms with van der Waals surface area (Å²) in [5.74, 6) is 0.0803. The Hall–Kier alpha value is -1.86. The molecule has 0 saturated heterocycles. The van der Waals surface area contributed by atoms with Gasteiger partial charge < -0.3 is 10.6 Å². The lowest BCUT2D eigenvalue weighted by molar-refractivity contribution is -0.131. The molecule has 4 heteroatoms. The summed E-state index contributed by atoms with van der Waals surface area (Å²) in [6, 6.07) is 9.46. The van der Waals surface area contributed by atoms with Crippen molar-refractivity contribution in [1.82, 2.24) is 4.90 Å². The molecule has 0 unspecified atom stereocenters. The molecule has 1 fully saturated rings. The molecule has 106 valence electrons. The SMILES string of the molecule is CN(Cc1cccc(C#N)c1)C(=O)CC1(N)CCCC1. The minimum absolute atomic E-state index is 0.0803. The van der Waals surface area contributed by atoms with Gasteiger partial charge in [0.05, 0.1) is 11.6 Å². The number of nitriles is 1. The second-order valence-electron chi connectivity index (χ2n) is 5.81. The molecule has 2 rings (SSSR count). The first kappa shape index (κ1) is 14.5. The number of hydrogen-bond acceptors (Lipinski definition) is 3. The van der Waals surface area contributed by atoms with Crippen LogP contribution in [0.15, 0.2) is 24.3 Å². The zero-order chi connectivity index (χ0) is 14.6. The zero-order valence-corrected chi connectivity index (χ0v) is 11.9. The maximum atomic E-state index is 12.2. The van der Waals surface area contributed by atoms with Crippen LogP contribution >= 0.6 is 0 Å². The summed E-state index contributed by atoms with van der Waals surface area (Å²) >= 11 is 0. The Kier molecular flexibility index (Phi) is 4.41. The highest BCUT2D eigenvalue weighted by Gasteiger charge is 2.32. The number of benzene rings is 1. The Balaban J connectivity index is 1.95. The second-order valence-corrected chi connectivity index (χ2v) is 5.81. The van der Waals surface area contributed by atoms with Crippen LogP contribution in [0.5, 0.6) is 0 Å². The lowest BCUT2D eigenvalue weighted by Crippen LogP contribution is -2.42. The third kappa shape index (κ3) is 3.58. The van der Waals surface area contributed by atoms with Crippen molar-refractivity contribution in [3.05, 3.63) is 35.4 Å². The number of nitrogens with zero attached hydrogens (tertiary/aromatic N) is 2. The molecule has 1 aliphatic carbocycles. The van der Waals surface area contributed by atoms with E-state index in [9.17, 15) is 4.79 Å². The molecular weight excluding hydrogens is 250 g/mol. The Morgan fingerprint density at radius 1 is 1.45 bits per heavy atom. The van der Waals surface area contributed by atoms with Crippen molar-refractivity contribution in [3.8, 4) is 6.07 Å². The Bertz CT molecular complexity index is 527. The number of carbonyl (C=O) groups is 1. The first-order chi connectivity index (χ1) is 9.52. The van der Waals surface area contributed by atoms with E-state index in [0.29, 0.717) is 18.5 Å².